The largest absolute Gasteiger partial charge is 0.322 e. The summed E-state index contributed by atoms with van der Waals surface area (Å²) in [6, 6.07) is 9.71. The van der Waals surface area contributed by atoms with Crippen molar-refractivity contribution in [2.45, 2.75) is 20.8 Å². The van der Waals surface area contributed by atoms with Crippen LogP contribution in [0.15, 0.2) is 42.6 Å². The number of hydrogen-bond donors (Lipinski definition) is 1. The van der Waals surface area contributed by atoms with Gasteiger partial charge in [-0.1, -0.05) is 12.1 Å². The van der Waals surface area contributed by atoms with E-state index >= 15 is 0 Å². The zero-order chi connectivity index (χ0) is 17.4. The van der Waals surface area contributed by atoms with Gasteiger partial charge in [0.15, 0.2) is 0 Å². The van der Waals surface area contributed by atoms with Gasteiger partial charge in [-0.15, -0.1) is 0 Å². The normalized spacial score (nSPS) is 10.8. The van der Waals surface area contributed by atoms with Gasteiger partial charge in [-0.05, 0) is 49.2 Å². The molecule has 0 saturated heterocycles. The van der Waals surface area contributed by atoms with Gasteiger partial charge in [0.1, 0.15) is 5.82 Å². The quantitative estimate of drug-likeness (QED) is 0.763. The summed E-state index contributed by atoms with van der Waals surface area (Å²) in [5, 5.41) is 3.41. The Morgan fingerprint density at radius 1 is 1.12 bits per heavy atom. The summed E-state index contributed by atoms with van der Waals surface area (Å²) in [4.78, 5) is 24.5. The van der Waals surface area contributed by atoms with Gasteiger partial charge in [-0.3, -0.25) is 14.2 Å². The maximum atomic E-state index is 13.5. The molecule has 0 spiro atoms. The highest BCUT2D eigenvalue weighted by Gasteiger charge is 2.18. The predicted molar refractivity (Wildman–Crippen MR) is 92.1 cm³/mol. The monoisotopic (exact) mass is 324 g/mol. The molecule has 2 aromatic carbocycles. The molecule has 4 nitrogen and oxygen atoms in total. The van der Waals surface area contributed by atoms with Crippen molar-refractivity contribution in [2.75, 3.05) is 5.32 Å². The molecule has 3 rings (SSSR count). The molecule has 122 valence electrons. The van der Waals surface area contributed by atoms with Crippen LogP contribution in [-0.4, -0.2) is 16.4 Å². The average molecular weight is 324 g/mol. The molecule has 1 amide bonds. The molecule has 1 N–H and O–H groups in total. The summed E-state index contributed by atoms with van der Waals surface area (Å²) < 4.78 is 14.8. The molecule has 0 aliphatic heterocycles. The van der Waals surface area contributed by atoms with Crippen LogP contribution < -0.4 is 5.32 Å². The summed E-state index contributed by atoms with van der Waals surface area (Å²) in [7, 11) is 0. The molecule has 5 heteroatoms. The first-order chi connectivity index (χ1) is 11.4. The van der Waals surface area contributed by atoms with E-state index in [1.54, 1.807) is 0 Å². The molecule has 0 radical (unpaired) electrons. The number of amides is 1. The van der Waals surface area contributed by atoms with Crippen LogP contribution in [0, 0.1) is 19.7 Å². The molecule has 0 unspecified atom stereocenters. The number of hydrogen-bond acceptors (Lipinski definition) is 2. The molecule has 0 atom stereocenters. The number of carbonyl (C=O) groups is 2. The lowest BCUT2D eigenvalue weighted by Gasteiger charge is -2.09. The lowest BCUT2D eigenvalue weighted by Crippen LogP contribution is -2.13. The first-order valence-electron chi connectivity index (χ1n) is 7.57. The van der Waals surface area contributed by atoms with Crippen LogP contribution in [0.1, 0.15) is 33.2 Å². The van der Waals surface area contributed by atoms with Crippen molar-refractivity contribution < 1.29 is 14.0 Å². The number of benzene rings is 2. The van der Waals surface area contributed by atoms with E-state index < -0.39 is 5.82 Å². The number of halogens is 1. The Hall–Kier alpha value is -2.95. The molecule has 0 aliphatic carbocycles. The van der Waals surface area contributed by atoms with Crippen molar-refractivity contribution in [3.05, 3.63) is 65.1 Å². The second kappa shape index (κ2) is 5.92. The fourth-order valence-corrected chi connectivity index (χ4v) is 2.72. The molecular formula is C19H17FN2O2. The maximum Gasteiger partial charge on any atom is 0.257 e. The Labute approximate surface area is 138 Å². The summed E-state index contributed by atoms with van der Waals surface area (Å²) >= 11 is 0. The first-order valence-corrected chi connectivity index (χ1v) is 7.57. The minimum absolute atomic E-state index is 0.281. The number of nitrogens with zero attached hydrogens (tertiary/aromatic N) is 1. The van der Waals surface area contributed by atoms with E-state index in [9.17, 15) is 14.0 Å². The van der Waals surface area contributed by atoms with Crippen LogP contribution >= 0.6 is 0 Å². The van der Waals surface area contributed by atoms with E-state index in [2.05, 4.69) is 5.32 Å². The number of aryl methyl sites for hydroxylation is 1. The van der Waals surface area contributed by atoms with E-state index in [4.69, 9.17) is 0 Å². The minimum Gasteiger partial charge on any atom is -0.322 e. The number of nitrogens with one attached hydrogen (secondary N) is 1. The standard InChI is InChI=1S/C19H17FN2O2/c1-11-5-4-6-17(12(11)2)21-19(24)16-10-22(13(3)23)18-9-14(20)7-8-15(16)18/h4-10H,1-3H3,(H,21,24). The first kappa shape index (κ1) is 15.9. The van der Waals surface area contributed by atoms with Gasteiger partial charge in [0.05, 0.1) is 11.1 Å². The molecule has 1 heterocycles. The highest BCUT2D eigenvalue weighted by molar-refractivity contribution is 6.14. The topological polar surface area (TPSA) is 51.1 Å². The molecule has 24 heavy (non-hydrogen) atoms. The van der Waals surface area contributed by atoms with Crippen LogP contribution in [-0.2, 0) is 0 Å². The SMILES string of the molecule is CC(=O)n1cc(C(=O)Nc2cccc(C)c2C)c2ccc(F)cc21. The molecule has 0 saturated carbocycles. The van der Waals surface area contributed by atoms with E-state index in [1.165, 1.54) is 35.9 Å². The van der Waals surface area contributed by atoms with Gasteiger partial charge < -0.3 is 5.32 Å². The van der Waals surface area contributed by atoms with Crippen molar-refractivity contribution in [3.63, 3.8) is 0 Å². The number of carbonyl (C=O) groups excluding carboxylic acids is 2. The summed E-state index contributed by atoms with van der Waals surface area (Å²) in [5.41, 5.74) is 3.48. The number of aromatic nitrogens is 1. The van der Waals surface area contributed by atoms with Gasteiger partial charge in [0.25, 0.3) is 5.91 Å². The van der Waals surface area contributed by atoms with Crippen molar-refractivity contribution >= 4 is 28.4 Å². The molecule has 0 fully saturated rings. The second-order valence-electron chi connectivity index (χ2n) is 5.79. The van der Waals surface area contributed by atoms with E-state index in [0.717, 1.165) is 11.1 Å². The number of fused-ring (bicyclic) bond motifs is 1. The Kier molecular flexibility index (Phi) is 3.93. The molecule has 3 aromatic rings. The summed E-state index contributed by atoms with van der Waals surface area (Å²) in [5.74, 6) is -1.07. The fourth-order valence-electron chi connectivity index (χ4n) is 2.72. The van der Waals surface area contributed by atoms with Crippen LogP contribution in [0.5, 0.6) is 0 Å². The Morgan fingerprint density at radius 2 is 1.88 bits per heavy atom. The second-order valence-corrected chi connectivity index (χ2v) is 5.79. The van der Waals surface area contributed by atoms with E-state index in [-0.39, 0.29) is 11.8 Å². The van der Waals surface area contributed by atoms with Gasteiger partial charge in [-0.25, -0.2) is 4.39 Å². The predicted octanol–water partition coefficient (Wildman–Crippen LogP) is 4.31. The lowest BCUT2D eigenvalue weighted by atomic mass is 10.1. The maximum absolute atomic E-state index is 13.5. The highest BCUT2D eigenvalue weighted by Crippen LogP contribution is 2.25. The smallest absolute Gasteiger partial charge is 0.257 e. The van der Waals surface area contributed by atoms with Crippen molar-refractivity contribution in [3.8, 4) is 0 Å². The Balaban J connectivity index is 2.07. The third-order valence-electron chi connectivity index (χ3n) is 4.20. The van der Waals surface area contributed by atoms with E-state index in [0.29, 0.717) is 22.2 Å². The van der Waals surface area contributed by atoms with Crippen molar-refractivity contribution in [1.82, 2.24) is 4.57 Å². The average Bonchev–Trinajstić information content (AvgIpc) is 2.90. The van der Waals surface area contributed by atoms with Gasteiger partial charge in [0.2, 0.25) is 5.91 Å². The zero-order valence-corrected chi connectivity index (χ0v) is 13.7. The van der Waals surface area contributed by atoms with Crippen LogP contribution in [0.2, 0.25) is 0 Å². The van der Waals surface area contributed by atoms with E-state index in [1.807, 2.05) is 32.0 Å². The van der Waals surface area contributed by atoms with Crippen LogP contribution in [0.25, 0.3) is 10.9 Å². The lowest BCUT2D eigenvalue weighted by molar-refractivity contribution is 0.0941. The fraction of sp³-hybridized carbons (Fsp3) is 0.158. The summed E-state index contributed by atoms with van der Waals surface area (Å²) in [6.07, 6.45) is 1.45. The van der Waals surface area contributed by atoms with Crippen LogP contribution in [0.3, 0.4) is 0 Å². The van der Waals surface area contributed by atoms with Gasteiger partial charge in [-0.2, -0.15) is 0 Å². The molecule has 0 aliphatic rings. The van der Waals surface area contributed by atoms with Crippen molar-refractivity contribution in [1.29, 1.82) is 0 Å². The van der Waals surface area contributed by atoms with Gasteiger partial charge in [0, 0.05) is 24.2 Å². The van der Waals surface area contributed by atoms with Gasteiger partial charge >= 0.3 is 0 Å². The zero-order valence-electron chi connectivity index (χ0n) is 13.7. The third-order valence-corrected chi connectivity index (χ3v) is 4.20. The molecule has 1 aromatic heterocycles. The Bertz CT molecular complexity index is 973. The Morgan fingerprint density at radius 3 is 2.58 bits per heavy atom. The number of rotatable bonds is 2. The molecular weight excluding hydrogens is 307 g/mol. The third kappa shape index (κ3) is 2.69. The highest BCUT2D eigenvalue weighted by atomic mass is 19.1. The number of anilines is 1. The van der Waals surface area contributed by atoms with Crippen LogP contribution in [0.4, 0.5) is 10.1 Å². The minimum atomic E-state index is -0.454. The summed E-state index contributed by atoms with van der Waals surface area (Å²) in [6.45, 7) is 5.27. The molecule has 0 bridgehead atoms. The van der Waals surface area contributed by atoms with Crippen molar-refractivity contribution in [2.24, 2.45) is 0 Å².